The highest BCUT2D eigenvalue weighted by Crippen LogP contribution is 2.28. The molecule has 7 nitrogen and oxygen atoms in total. The molecule has 1 aromatic heterocycles. The summed E-state index contributed by atoms with van der Waals surface area (Å²) in [6.07, 6.45) is 10.3. The molecule has 2 aromatic rings. The average molecular weight is 512 g/mol. The number of benzene rings is 1. The number of anilines is 1. The lowest BCUT2D eigenvalue weighted by Gasteiger charge is -2.32. The van der Waals surface area contributed by atoms with Gasteiger partial charge in [0.2, 0.25) is 0 Å². The van der Waals surface area contributed by atoms with E-state index >= 15 is 0 Å². The first-order valence-corrected chi connectivity index (χ1v) is 13.5. The van der Waals surface area contributed by atoms with Gasteiger partial charge in [-0.25, -0.2) is 0 Å². The van der Waals surface area contributed by atoms with Crippen LogP contribution >= 0.6 is 0 Å². The van der Waals surface area contributed by atoms with Crippen LogP contribution in [0.2, 0.25) is 0 Å². The van der Waals surface area contributed by atoms with Gasteiger partial charge in [0, 0.05) is 68.8 Å². The molecule has 2 fully saturated rings. The van der Waals surface area contributed by atoms with E-state index in [1.807, 2.05) is 38.4 Å². The Morgan fingerprint density at radius 2 is 1.82 bits per heavy atom. The smallest absolute Gasteiger partial charge is 0.0843 e. The quantitative estimate of drug-likeness (QED) is 0.352. The van der Waals surface area contributed by atoms with Gasteiger partial charge in [-0.05, 0) is 69.8 Å². The molecule has 2 N–H and O–H groups in total. The van der Waals surface area contributed by atoms with Crippen molar-refractivity contribution in [3.63, 3.8) is 0 Å². The van der Waals surface area contributed by atoms with E-state index in [4.69, 9.17) is 5.41 Å². The van der Waals surface area contributed by atoms with Crippen LogP contribution in [-0.4, -0.2) is 80.1 Å². The number of likely N-dealkylation sites (N-methyl/N-ethyl adjacent to an activating group) is 1. The Morgan fingerprint density at radius 1 is 1.08 bits per heavy atom. The van der Waals surface area contributed by atoms with Crippen molar-refractivity contribution in [2.24, 2.45) is 4.99 Å². The SMILES string of the molecule is C=N/C(=C\C(=C/C)NC(=C)C(=N)c1cc(-c2cncc(N3CCCC3)c2)ccc1C)CN1CCN(C)CC1. The summed E-state index contributed by atoms with van der Waals surface area (Å²) in [5, 5.41) is 12.3. The summed E-state index contributed by atoms with van der Waals surface area (Å²) in [6.45, 7) is 19.1. The molecular formula is C31H41N7. The summed E-state index contributed by atoms with van der Waals surface area (Å²) in [6, 6.07) is 8.45. The van der Waals surface area contributed by atoms with Crippen LogP contribution in [0.4, 0.5) is 5.69 Å². The standard InChI is InChI=1S/C31H41N7/c1-6-27(19-28(33-4)22-37-15-13-36(5)14-16-37)35-24(3)31(32)30-18-25(10-9-23(30)2)26-17-29(21-34-20-26)38-11-7-8-12-38/h6,9-10,17-21,32,35H,3-4,7-8,11-16,22H2,1-2,5H3/b27-6+,28-19-,32-31?. The van der Waals surface area contributed by atoms with E-state index in [2.05, 4.69) is 74.6 Å². The number of rotatable bonds is 10. The Morgan fingerprint density at radius 3 is 2.50 bits per heavy atom. The lowest BCUT2D eigenvalue weighted by Crippen LogP contribution is -2.44. The maximum atomic E-state index is 8.95. The minimum atomic E-state index is 0.368. The number of aromatic nitrogens is 1. The predicted octanol–water partition coefficient (Wildman–Crippen LogP) is 4.86. The lowest BCUT2D eigenvalue weighted by atomic mass is 9.96. The summed E-state index contributed by atoms with van der Waals surface area (Å²) < 4.78 is 0. The number of nitrogens with one attached hydrogen (secondary N) is 2. The predicted molar refractivity (Wildman–Crippen MR) is 160 cm³/mol. The zero-order valence-corrected chi connectivity index (χ0v) is 23.1. The van der Waals surface area contributed by atoms with Gasteiger partial charge in [0.15, 0.2) is 0 Å². The van der Waals surface area contributed by atoms with Gasteiger partial charge in [-0.2, -0.15) is 0 Å². The Kier molecular flexibility index (Phi) is 9.26. The second-order valence-electron chi connectivity index (χ2n) is 10.3. The Balaban J connectivity index is 1.47. The zero-order chi connectivity index (χ0) is 27.1. The fourth-order valence-electron chi connectivity index (χ4n) is 4.95. The summed E-state index contributed by atoms with van der Waals surface area (Å²) >= 11 is 0. The van der Waals surface area contributed by atoms with E-state index in [1.165, 1.54) is 12.8 Å². The van der Waals surface area contributed by atoms with Crippen LogP contribution in [0.25, 0.3) is 11.1 Å². The lowest BCUT2D eigenvalue weighted by molar-refractivity contribution is 0.163. The van der Waals surface area contributed by atoms with Crippen molar-refractivity contribution in [3.8, 4) is 11.1 Å². The number of hydrogen-bond acceptors (Lipinski definition) is 7. The van der Waals surface area contributed by atoms with E-state index in [-0.39, 0.29) is 0 Å². The van der Waals surface area contributed by atoms with Crippen molar-refractivity contribution in [1.82, 2.24) is 20.1 Å². The Bertz CT molecular complexity index is 1230. The Hall–Kier alpha value is -3.55. The van der Waals surface area contributed by atoms with Gasteiger partial charge in [-0.1, -0.05) is 24.8 Å². The van der Waals surface area contributed by atoms with E-state index in [9.17, 15) is 0 Å². The first kappa shape index (κ1) is 27.5. The molecule has 1 aromatic carbocycles. The molecule has 0 saturated carbocycles. The van der Waals surface area contributed by atoms with Crippen molar-refractivity contribution >= 4 is 18.1 Å². The van der Waals surface area contributed by atoms with Crippen LogP contribution in [-0.2, 0) is 0 Å². The minimum absolute atomic E-state index is 0.368. The first-order valence-electron chi connectivity index (χ1n) is 13.5. The molecule has 2 aliphatic heterocycles. The molecule has 2 saturated heterocycles. The molecule has 2 aliphatic rings. The molecule has 0 aliphatic carbocycles. The second-order valence-corrected chi connectivity index (χ2v) is 10.3. The molecule has 4 rings (SSSR count). The molecular weight excluding hydrogens is 470 g/mol. The summed E-state index contributed by atoms with van der Waals surface area (Å²) in [5.74, 6) is 0. The third-order valence-corrected chi connectivity index (χ3v) is 7.45. The normalized spacial score (nSPS) is 17.5. The van der Waals surface area contributed by atoms with Gasteiger partial charge in [0.1, 0.15) is 0 Å². The molecule has 7 heteroatoms. The van der Waals surface area contributed by atoms with Crippen molar-refractivity contribution in [3.05, 3.63) is 83.6 Å². The molecule has 3 heterocycles. The molecule has 0 atom stereocenters. The van der Waals surface area contributed by atoms with E-state index in [1.54, 1.807) is 0 Å². The maximum absolute atomic E-state index is 8.95. The van der Waals surface area contributed by atoms with E-state index in [0.717, 1.165) is 85.1 Å². The number of hydrogen-bond donors (Lipinski definition) is 2. The minimum Gasteiger partial charge on any atom is -0.370 e. The highest BCUT2D eigenvalue weighted by atomic mass is 15.2. The molecule has 0 amide bonds. The highest BCUT2D eigenvalue weighted by molar-refractivity contribution is 6.11. The zero-order valence-electron chi connectivity index (χ0n) is 23.1. The van der Waals surface area contributed by atoms with Gasteiger partial charge < -0.3 is 15.1 Å². The summed E-state index contributed by atoms with van der Waals surface area (Å²) in [5.41, 5.74) is 7.82. The monoisotopic (exact) mass is 511 g/mol. The molecule has 38 heavy (non-hydrogen) atoms. The van der Waals surface area contributed by atoms with Crippen LogP contribution in [0.3, 0.4) is 0 Å². The maximum Gasteiger partial charge on any atom is 0.0843 e. The molecule has 0 bridgehead atoms. The second kappa shape index (κ2) is 12.8. The van der Waals surface area contributed by atoms with Gasteiger partial charge in [-0.3, -0.25) is 20.3 Å². The van der Waals surface area contributed by atoms with Crippen LogP contribution in [0, 0.1) is 12.3 Å². The van der Waals surface area contributed by atoms with Crippen LogP contribution in [0.15, 0.2) is 77.5 Å². The largest absolute Gasteiger partial charge is 0.370 e. The van der Waals surface area contributed by atoms with Gasteiger partial charge in [0.05, 0.1) is 29.0 Å². The van der Waals surface area contributed by atoms with Gasteiger partial charge in [0.25, 0.3) is 0 Å². The van der Waals surface area contributed by atoms with Crippen LogP contribution < -0.4 is 10.2 Å². The average Bonchev–Trinajstić information content (AvgIpc) is 3.48. The number of pyridine rings is 1. The number of aliphatic imine (C=N–C) groups is 1. The third kappa shape index (κ3) is 6.85. The fraction of sp³-hybridized carbons (Fsp3) is 0.387. The van der Waals surface area contributed by atoms with E-state index < -0.39 is 0 Å². The third-order valence-electron chi connectivity index (χ3n) is 7.45. The van der Waals surface area contributed by atoms with E-state index in [0.29, 0.717) is 11.4 Å². The highest BCUT2D eigenvalue weighted by Gasteiger charge is 2.17. The Labute approximate surface area is 227 Å². The topological polar surface area (TPSA) is 70.8 Å². The van der Waals surface area contributed by atoms with Gasteiger partial charge >= 0.3 is 0 Å². The molecule has 0 unspecified atom stereocenters. The summed E-state index contributed by atoms with van der Waals surface area (Å²) in [7, 11) is 2.15. The molecule has 0 spiro atoms. The van der Waals surface area contributed by atoms with Crippen molar-refractivity contribution in [2.45, 2.75) is 26.7 Å². The summed E-state index contributed by atoms with van der Waals surface area (Å²) in [4.78, 5) is 15.9. The molecule has 200 valence electrons. The van der Waals surface area contributed by atoms with Crippen LogP contribution in [0.5, 0.6) is 0 Å². The van der Waals surface area contributed by atoms with Gasteiger partial charge in [-0.15, -0.1) is 0 Å². The van der Waals surface area contributed by atoms with Crippen LogP contribution in [0.1, 0.15) is 30.9 Å². The number of allylic oxidation sites excluding steroid dienone is 3. The molecule has 0 radical (unpaired) electrons. The van der Waals surface area contributed by atoms with Crippen molar-refractivity contribution in [1.29, 1.82) is 5.41 Å². The number of aryl methyl sites for hydroxylation is 1. The fourth-order valence-corrected chi connectivity index (χ4v) is 4.95. The van der Waals surface area contributed by atoms with Crippen molar-refractivity contribution < 1.29 is 0 Å². The first-order chi connectivity index (χ1) is 18.4. The number of nitrogens with zero attached hydrogens (tertiary/aromatic N) is 5. The van der Waals surface area contributed by atoms with Crippen molar-refractivity contribution in [2.75, 3.05) is 57.8 Å². The number of piperazine rings is 1.